The topological polar surface area (TPSA) is 110 Å². The van der Waals surface area contributed by atoms with Gasteiger partial charge in [0.2, 0.25) is 11.8 Å². The van der Waals surface area contributed by atoms with Crippen molar-refractivity contribution in [1.82, 2.24) is 4.98 Å². The van der Waals surface area contributed by atoms with E-state index in [0.717, 1.165) is 5.69 Å². The highest BCUT2D eigenvalue weighted by Gasteiger charge is 2.36. The second-order valence-electron chi connectivity index (χ2n) is 6.04. The predicted molar refractivity (Wildman–Crippen MR) is 100 cm³/mol. The third kappa shape index (κ3) is 3.17. The monoisotopic (exact) mass is 364 g/mol. The van der Waals surface area contributed by atoms with Gasteiger partial charge in [0.25, 0.3) is 0 Å². The maximum atomic E-state index is 12.3. The van der Waals surface area contributed by atoms with Crippen LogP contribution in [-0.4, -0.2) is 24.6 Å². The van der Waals surface area contributed by atoms with Gasteiger partial charge in [-0.05, 0) is 32.0 Å². The number of carbonyl (C=O) groups excluding carboxylic acids is 1. The SMILES string of the molecule is CCOc1nccc2c1[C@H](c1ccc(C#N)cc1OC)C(C(N)=O)=C(C)N2. The average molecular weight is 364 g/mol. The highest BCUT2D eigenvalue weighted by Crippen LogP contribution is 2.47. The average Bonchev–Trinajstić information content (AvgIpc) is 2.66. The van der Waals surface area contributed by atoms with E-state index in [9.17, 15) is 10.1 Å². The lowest BCUT2D eigenvalue weighted by Gasteiger charge is -2.31. The third-order valence-electron chi connectivity index (χ3n) is 4.48. The number of amides is 1. The fourth-order valence-corrected chi connectivity index (χ4v) is 3.38. The fourth-order valence-electron chi connectivity index (χ4n) is 3.38. The molecular formula is C20H20N4O3. The van der Waals surface area contributed by atoms with Gasteiger partial charge in [-0.2, -0.15) is 5.26 Å². The Morgan fingerprint density at radius 3 is 2.81 bits per heavy atom. The van der Waals surface area contributed by atoms with Crippen LogP contribution in [0.5, 0.6) is 11.6 Å². The van der Waals surface area contributed by atoms with Gasteiger partial charge in [-0.15, -0.1) is 0 Å². The van der Waals surface area contributed by atoms with Crippen molar-refractivity contribution in [3.05, 3.63) is 58.4 Å². The lowest BCUT2D eigenvalue weighted by Crippen LogP contribution is -2.28. The molecule has 3 N–H and O–H groups in total. The van der Waals surface area contributed by atoms with Crippen LogP contribution in [0.4, 0.5) is 5.69 Å². The molecule has 2 aromatic rings. The zero-order chi connectivity index (χ0) is 19.6. The van der Waals surface area contributed by atoms with Crippen molar-refractivity contribution < 1.29 is 14.3 Å². The van der Waals surface area contributed by atoms with Crippen LogP contribution in [0.25, 0.3) is 0 Å². The molecule has 0 radical (unpaired) electrons. The largest absolute Gasteiger partial charge is 0.496 e. The van der Waals surface area contributed by atoms with E-state index in [1.165, 1.54) is 7.11 Å². The number of aromatic nitrogens is 1. The van der Waals surface area contributed by atoms with Gasteiger partial charge in [0.15, 0.2) is 0 Å². The first kappa shape index (κ1) is 18.3. The Bertz CT molecular complexity index is 976. The molecule has 7 heteroatoms. The van der Waals surface area contributed by atoms with Crippen molar-refractivity contribution in [2.45, 2.75) is 19.8 Å². The number of pyridine rings is 1. The highest BCUT2D eigenvalue weighted by molar-refractivity contribution is 5.98. The Morgan fingerprint density at radius 1 is 1.41 bits per heavy atom. The number of primary amides is 1. The molecule has 1 aromatic heterocycles. The number of nitrogens with one attached hydrogen (secondary N) is 1. The molecule has 0 bridgehead atoms. The van der Waals surface area contributed by atoms with Crippen LogP contribution in [0.15, 0.2) is 41.7 Å². The molecule has 0 saturated heterocycles. The normalized spacial score (nSPS) is 15.4. The summed E-state index contributed by atoms with van der Waals surface area (Å²) in [5.41, 5.74) is 9.44. The van der Waals surface area contributed by atoms with Crippen molar-refractivity contribution in [1.29, 1.82) is 5.26 Å². The smallest absolute Gasteiger partial charge is 0.247 e. The Kier molecular flexibility index (Phi) is 4.99. The Hall–Kier alpha value is -3.53. The van der Waals surface area contributed by atoms with Crippen LogP contribution >= 0.6 is 0 Å². The second kappa shape index (κ2) is 7.38. The van der Waals surface area contributed by atoms with Crippen molar-refractivity contribution in [3.63, 3.8) is 0 Å². The predicted octanol–water partition coefficient (Wildman–Crippen LogP) is 2.68. The number of nitrogens with two attached hydrogens (primary N) is 1. The quantitative estimate of drug-likeness (QED) is 0.844. The lowest BCUT2D eigenvalue weighted by molar-refractivity contribution is -0.114. The zero-order valence-electron chi connectivity index (χ0n) is 15.4. The minimum atomic E-state index is -0.548. The van der Waals surface area contributed by atoms with Gasteiger partial charge in [0.1, 0.15) is 5.75 Å². The van der Waals surface area contributed by atoms with Gasteiger partial charge < -0.3 is 20.5 Å². The van der Waals surface area contributed by atoms with E-state index in [4.69, 9.17) is 15.2 Å². The molecule has 0 fully saturated rings. The molecule has 1 aliphatic rings. The summed E-state index contributed by atoms with van der Waals surface area (Å²) >= 11 is 0. The number of anilines is 1. The molecule has 27 heavy (non-hydrogen) atoms. The summed E-state index contributed by atoms with van der Waals surface area (Å²) in [4.78, 5) is 16.7. The molecule has 2 heterocycles. The van der Waals surface area contributed by atoms with E-state index >= 15 is 0 Å². The lowest BCUT2D eigenvalue weighted by atomic mass is 9.80. The minimum Gasteiger partial charge on any atom is -0.496 e. The fraction of sp³-hybridized carbons (Fsp3) is 0.250. The molecule has 7 nitrogen and oxygen atoms in total. The van der Waals surface area contributed by atoms with Crippen molar-refractivity contribution in [3.8, 4) is 17.7 Å². The number of carbonyl (C=O) groups is 1. The minimum absolute atomic E-state index is 0.402. The number of nitrogens with zero attached hydrogens (tertiary/aromatic N) is 2. The van der Waals surface area contributed by atoms with E-state index in [2.05, 4.69) is 16.4 Å². The molecule has 3 rings (SSSR count). The summed E-state index contributed by atoms with van der Waals surface area (Å²) in [6.45, 7) is 4.09. The zero-order valence-corrected chi connectivity index (χ0v) is 15.4. The maximum Gasteiger partial charge on any atom is 0.247 e. The van der Waals surface area contributed by atoms with Gasteiger partial charge in [0, 0.05) is 28.7 Å². The van der Waals surface area contributed by atoms with Gasteiger partial charge in [-0.3, -0.25) is 4.79 Å². The molecule has 0 saturated carbocycles. The van der Waals surface area contributed by atoms with Crippen molar-refractivity contribution in [2.75, 3.05) is 19.0 Å². The van der Waals surface area contributed by atoms with Crippen LogP contribution in [0.2, 0.25) is 0 Å². The second-order valence-corrected chi connectivity index (χ2v) is 6.04. The number of nitriles is 1. The van der Waals surface area contributed by atoms with Gasteiger partial charge in [-0.1, -0.05) is 6.07 Å². The number of allylic oxidation sites excluding steroid dienone is 1. The summed E-state index contributed by atoms with van der Waals surface area (Å²) in [5, 5.41) is 12.4. The van der Waals surface area contributed by atoms with Gasteiger partial charge in [-0.25, -0.2) is 4.98 Å². The summed E-state index contributed by atoms with van der Waals surface area (Å²) in [7, 11) is 1.52. The van der Waals surface area contributed by atoms with Crippen LogP contribution in [0.1, 0.15) is 36.5 Å². The standard InChI is InChI=1S/C20H20N4O3/c1-4-27-20-18-14(7-8-23-20)24-11(2)16(19(22)25)17(18)13-6-5-12(10-21)9-15(13)26-3/h5-9,17,24H,4H2,1-3H3,(H2,22,25)/t17-/m1/s1. The number of fused-ring (bicyclic) bond motifs is 1. The van der Waals surface area contributed by atoms with Gasteiger partial charge in [0.05, 0.1) is 36.8 Å². The Labute approximate surface area is 157 Å². The number of hydrogen-bond donors (Lipinski definition) is 2. The van der Waals surface area contributed by atoms with E-state index in [0.29, 0.717) is 46.2 Å². The van der Waals surface area contributed by atoms with E-state index in [-0.39, 0.29) is 0 Å². The Morgan fingerprint density at radius 2 is 2.19 bits per heavy atom. The first-order valence-corrected chi connectivity index (χ1v) is 8.49. The van der Waals surface area contributed by atoms with Crippen LogP contribution in [-0.2, 0) is 4.79 Å². The molecule has 0 aliphatic carbocycles. The summed E-state index contributed by atoms with van der Waals surface area (Å²) in [6, 6.07) is 9.01. The summed E-state index contributed by atoms with van der Waals surface area (Å²) < 4.78 is 11.2. The first-order chi connectivity index (χ1) is 13.0. The molecule has 1 aliphatic heterocycles. The third-order valence-corrected chi connectivity index (χ3v) is 4.48. The van der Waals surface area contributed by atoms with E-state index in [1.54, 1.807) is 31.3 Å². The number of methoxy groups -OCH3 is 1. The van der Waals surface area contributed by atoms with Crippen LogP contribution in [0.3, 0.4) is 0 Å². The number of benzene rings is 1. The van der Waals surface area contributed by atoms with E-state index in [1.807, 2.05) is 13.0 Å². The molecule has 0 spiro atoms. The number of rotatable bonds is 5. The molecule has 0 unspecified atom stereocenters. The Balaban J connectivity index is 2.32. The van der Waals surface area contributed by atoms with Gasteiger partial charge >= 0.3 is 0 Å². The van der Waals surface area contributed by atoms with Crippen LogP contribution < -0.4 is 20.5 Å². The molecular weight excluding hydrogens is 344 g/mol. The van der Waals surface area contributed by atoms with Crippen LogP contribution in [0, 0.1) is 11.3 Å². The number of ether oxygens (including phenoxy) is 2. The summed E-state index contributed by atoms with van der Waals surface area (Å²) in [6.07, 6.45) is 1.65. The van der Waals surface area contributed by atoms with E-state index < -0.39 is 11.8 Å². The van der Waals surface area contributed by atoms with Crippen molar-refractivity contribution in [2.24, 2.45) is 5.73 Å². The molecule has 1 amide bonds. The summed E-state index contributed by atoms with van der Waals surface area (Å²) in [5.74, 6) is -0.167. The highest BCUT2D eigenvalue weighted by atomic mass is 16.5. The van der Waals surface area contributed by atoms with Crippen molar-refractivity contribution >= 4 is 11.6 Å². The maximum absolute atomic E-state index is 12.3. The number of hydrogen-bond acceptors (Lipinski definition) is 6. The first-order valence-electron chi connectivity index (χ1n) is 8.49. The molecule has 1 atom stereocenters. The molecule has 1 aromatic carbocycles. The molecule has 138 valence electrons.